The van der Waals surface area contributed by atoms with E-state index in [0.717, 1.165) is 113 Å². The molecular formula is C105H160O16. The van der Waals surface area contributed by atoms with Gasteiger partial charge in [0, 0.05) is 68.1 Å². The molecule has 16 heteroatoms. The van der Waals surface area contributed by atoms with E-state index in [1.807, 2.05) is 0 Å². The van der Waals surface area contributed by atoms with E-state index in [2.05, 4.69) is 143 Å². The van der Waals surface area contributed by atoms with Crippen molar-refractivity contribution < 1.29 is 77.0 Å². The number of allylic oxidation sites excluding steroid dienone is 3. The fourth-order valence-electron chi connectivity index (χ4n) is 36.9. The summed E-state index contributed by atoms with van der Waals surface area (Å²) in [5.74, 6) is 4.89. The van der Waals surface area contributed by atoms with Crippen molar-refractivity contribution in [2.45, 2.75) is 370 Å². The topological polar surface area (TPSA) is 232 Å². The smallest absolute Gasteiger partial charge is 0.338 e. The summed E-state index contributed by atoms with van der Waals surface area (Å²) in [6.45, 7) is 60.7. The van der Waals surface area contributed by atoms with Crippen LogP contribution in [0.25, 0.3) is 0 Å². The van der Waals surface area contributed by atoms with Crippen LogP contribution in [0.3, 0.4) is 0 Å². The SMILES string of the molecule is C=C(C)[C@@H]1CC[C@]2(CO)CC[C@]3(C)C(CCC4[C@@]5(C)CC[C@H](O)C(C)(C)C5CC[C@]43C)C12.C=C(C)[C@@H]1CC[C@]2(COC(C)=O)CC[C@]3(C)C(CCC4[C@@]5(C)CC[C@H](OC(C)=O)C(C)(C)C5CC[C@]43C)C12.CC(=O)OC[C@]12CC/C(=C(/C)C3CC(=O)OC3=O)C1C1CCC3[C@@]4(C)CC[C@H](OC(C)=O)C(C)(C)C4CC[C@@]3(C)[C@]1(C)CC2.O=C1C=CC(=O)O1. The molecular weight excluding hydrogens is 1520 g/mol. The van der Waals surface area contributed by atoms with Crippen LogP contribution in [0.2, 0.25) is 0 Å². The van der Waals surface area contributed by atoms with Gasteiger partial charge in [0.25, 0.3) is 0 Å². The minimum absolute atomic E-state index is 0.00000109. The third-order valence-electron chi connectivity index (χ3n) is 43.3. The lowest BCUT2D eigenvalue weighted by Crippen LogP contribution is -2.67. The maximum Gasteiger partial charge on any atom is 0.338 e. The Morgan fingerprint density at radius 3 is 1.19 bits per heavy atom. The lowest BCUT2D eigenvalue weighted by Gasteiger charge is -2.73. The number of carbonyl (C=O) groups is 8. The van der Waals surface area contributed by atoms with Gasteiger partial charge in [-0.05, 0) is 356 Å². The second-order valence-electron chi connectivity index (χ2n) is 48.4. The van der Waals surface area contributed by atoms with Gasteiger partial charge in [-0.1, -0.05) is 139 Å². The number of aliphatic hydroxyl groups is 2. The number of cyclic esters (lactones) is 4. The second-order valence-corrected chi connectivity index (χ2v) is 48.4. The van der Waals surface area contributed by atoms with Crippen LogP contribution < -0.4 is 0 Å². The highest BCUT2D eigenvalue weighted by Gasteiger charge is 2.76. The van der Waals surface area contributed by atoms with E-state index >= 15 is 0 Å². The molecule has 17 rings (SSSR count). The van der Waals surface area contributed by atoms with E-state index in [1.54, 1.807) is 13.8 Å². The summed E-state index contributed by atoms with van der Waals surface area (Å²) in [5.41, 5.74) is 7.45. The number of rotatable bonds is 10. The minimum atomic E-state index is -0.579. The van der Waals surface area contributed by atoms with Crippen LogP contribution in [0, 0.1) is 170 Å². The molecule has 0 spiro atoms. The number of fused-ring (bicyclic) bond motifs is 21. The Morgan fingerprint density at radius 1 is 0.405 bits per heavy atom. The maximum absolute atomic E-state index is 12.8. The number of carbonyl (C=O) groups excluding carboxylic acids is 8. The first-order valence-corrected chi connectivity index (χ1v) is 48.4. The van der Waals surface area contributed by atoms with Crippen molar-refractivity contribution >= 4 is 47.8 Å². The van der Waals surface area contributed by atoms with Gasteiger partial charge in [0.05, 0.1) is 31.7 Å². The lowest BCUT2D eigenvalue weighted by molar-refractivity contribution is -0.252. The third-order valence-corrected chi connectivity index (χ3v) is 43.3. The van der Waals surface area contributed by atoms with Gasteiger partial charge < -0.3 is 38.6 Å². The molecule has 0 amide bonds. The van der Waals surface area contributed by atoms with Gasteiger partial charge >= 0.3 is 47.8 Å². The van der Waals surface area contributed by atoms with Crippen LogP contribution >= 0.6 is 0 Å². The highest BCUT2D eigenvalue weighted by molar-refractivity contribution is 6.05. The van der Waals surface area contributed by atoms with Crippen molar-refractivity contribution in [2.75, 3.05) is 19.8 Å². The predicted molar refractivity (Wildman–Crippen MR) is 468 cm³/mol. The predicted octanol–water partition coefficient (Wildman–Crippen LogP) is 22.1. The molecule has 2 N–H and O–H groups in total. The Hall–Kier alpha value is -4.96. The summed E-state index contributed by atoms with van der Waals surface area (Å²) in [6.07, 6.45) is 37.0. The van der Waals surface area contributed by atoms with Crippen LogP contribution in [0.1, 0.15) is 351 Å². The van der Waals surface area contributed by atoms with E-state index in [-0.39, 0.29) is 114 Å². The molecule has 0 aromatic rings. The van der Waals surface area contributed by atoms with Crippen LogP contribution in [-0.2, 0) is 66.8 Å². The maximum atomic E-state index is 12.8. The third kappa shape index (κ3) is 14.2. The van der Waals surface area contributed by atoms with Gasteiger partial charge in [-0.3, -0.25) is 28.8 Å². The fourth-order valence-corrected chi connectivity index (χ4v) is 36.9. The number of esters is 8. The Labute approximate surface area is 727 Å². The van der Waals surface area contributed by atoms with E-state index in [1.165, 1.54) is 140 Å². The number of hydrogen-bond acceptors (Lipinski definition) is 16. The van der Waals surface area contributed by atoms with Crippen LogP contribution in [0.5, 0.6) is 0 Å². The second kappa shape index (κ2) is 31.8. The highest BCUT2D eigenvalue weighted by Crippen LogP contribution is 2.82. The molecule has 16 nitrogen and oxygen atoms in total. The minimum Gasteiger partial charge on any atom is -0.465 e. The average Bonchev–Trinajstić information content (AvgIpc) is 1.62. The van der Waals surface area contributed by atoms with Crippen molar-refractivity contribution in [1.29, 1.82) is 0 Å². The van der Waals surface area contributed by atoms with Gasteiger partial charge in [-0.2, -0.15) is 0 Å². The molecule has 676 valence electrons. The largest absolute Gasteiger partial charge is 0.465 e. The first kappa shape index (κ1) is 92.2. The number of hydrogen-bond donors (Lipinski definition) is 2. The zero-order chi connectivity index (χ0) is 88.5. The van der Waals surface area contributed by atoms with Crippen LogP contribution in [0.4, 0.5) is 0 Å². The Kier molecular flexibility index (Phi) is 24.2. The van der Waals surface area contributed by atoms with Crippen molar-refractivity contribution in [2.24, 2.45) is 170 Å². The van der Waals surface area contributed by atoms with E-state index in [4.69, 9.17) is 23.7 Å². The molecule has 15 saturated carbocycles. The fraction of sp³-hybridized carbons (Fsp3) is 0.848. The summed E-state index contributed by atoms with van der Waals surface area (Å²) >= 11 is 0. The van der Waals surface area contributed by atoms with E-state index in [9.17, 15) is 48.6 Å². The Morgan fingerprint density at radius 2 is 0.793 bits per heavy atom. The molecule has 17 aliphatic rings. The first-order valence-electron chi connectivity index (χ1n) is 48.4. The molecule has 0 bridgehead atoms. The van der Waals surface area contributed by atoms with E-state index in [0.29, 0.717) is 107 Å². The molecule has 15 aliphatic carbocycles. The Bertz CT molecular complexity index is 4160. The van der Waals surface area contributed by atoms with Gasteiger partial charge in [0.1, 0.15) is 12.2 Å². The number of aliphatic hydroxyl groups excluding tert-OH is 2. The quantitative estimate of drug-likeness (QED) is 0.0896. The standard InChI is InChI=1S/C37H54O7.C34H54O4.C30H50O2.C4H2O3/c1-21(25-19-30(40)44-32(25)41)24-11-16-37(20-42-22(2)38)18-17-35(7)26(31(24)37)9-10-28-34(6)14-13-29(43-23(3)39)33(4,5)27(34)12-15-36(28,35)8;1-21(2)24-12-17-34(20-37-22(3)35)19-18-32(8)25(29(24)34)10-11-27-31(7)15-14-28(38-23(4)36)30(5,6)26(31)13-16-33(27,32)9;1-19(2)20-10-15-30(18-31)17-16-28(6)21(25(20)30)8-9-23-27(5)13-12-24(32)26(3,4)22(27)11-14-29(23,28)7;5-3-1-2-4(6)7-3/h25-29,31H,9-20H2,1-8H3;24-29H,1,10-20H2,2-9H3;20-25,31-32H,1,8-18H2,2-7H3;1-2H/b24-21+;;;/t25?,26?,27?,28?,29-,31?,34-,35+,36+,37+;24-,25?,26?,27?,28-,29?,31-,32+,33+,34+;20-,21?,22?,23?,24-,25?,27-,28+,29+,30+;/m000./s1. The molecule has 2 aliphatic heterocycles. The summed E-state index contributed by atoms with van der Waals surface area (Å²) in [4.78, 5) is 92.7. The van der Waals surface area contributed by atoms with Gasteiger partial charge in [-0.25, -0.2) is 9.59 Å². The Balaban J connectivity index is 0.000000144. The molecule has 2 heterocycles. The molecule has 13 unspecified atom stereocenters. The van der Waals surface area contributed by atoms with Crippen molar-refractivity contribution in [1.82, 2.24) is 0 Å². The van der Waals surface area contributed by atoms with Crippen molar-refractivity contribution in [3.8, 4) is 0 Å². The highest BCUT2D eigenvalue weighted by atomic mass is 16.6. The molecule has 1 saturated heterocycles. The van der Waals surface area contributed by atoms with Gasteiger partial charge in [-0.15, -0.1) is 0 Å². The van der Waals surface area contributed by atoms with E-state index < -0.39 is 29.8 Å². The summed E-state index contributed by atoms with van der Waals surface area (Å²) in [6, 6.07) is 0. The van der Waals surface area contributed by atoms with Gasteiger partial charge in [0.2, 0.25) is 0 Å². The molecule has 0 aromatic carbocycles. The zero-order valence-electron chi connectivity index (χ0n) is 79.1. The molecule has 16 fully saturated rings. The average molecular weight is 1680 g/mol. The number of ether oxygens (including phenoxy) is 6. The summed E-state index contributed by atoms with van der Waals surface area (Å²) < 4.78 is 32.4. The van der Waals surface area contributed by atoms with Crippen molar-refractivity contribution in [3.05, 3.63) is 47.6 Å². The van der Waals surface area contributed by atoms with Crippen molar-refractivity contribution in [3.63, 3.8) is 0 Å². The summed E-state index contributed by atoms with van der Waals surface area (Å²) in [5, 5.41) is 21.5. The lowest BCUT2D eigenvalue weighted by atomic mass is 9.32. The van der Waals surface area contributed by atoms with Gasteiger partial charge in [0.15, 0.2) is 0 Å². The monoisotopic (exact) mass is 1680 g/mol. The molecule has 121 heavy (non-hydrogen) atoms. The summed E-state index contributed by atoms with van der Waals surface area (Å²) in [7, 11) is 0. The molecule has 30 atom stereocenters. The first-order chi connectivity index (χ1) is 56.3. The van der Waals surface area contributed by atoms with Crippen LogP contribution in [0.15, 0.2) is 47.6 Å². The molecule has 0 aromatic heterocycles. The normalized spacial score (nSPS) is 48.5. The zero-order valence-corrected chi connectivity index (χ0v) is 79.1. The van der Waals surface area contributed by atoms with Crippen LogP contribution in [-0.4, -0.2) is 96.1 Å². The molecule has 0 radical (unpaired) electrons.